The maximum absolute atomic E-state index is 13.2. The fraction of sp³-hybridized carbons (Fsp3) is 0.469. The van der Waals surface area contributed by atoms with Crippen LogP contribution in [0.25, 0.3) is 0 Å². The molecule has 2 atom stereocenters. The standard InChI is InChI=1S/C32H41N3O8/c1-32(2,3)43-27(36)21-42-24-16-14-22(15-17-24)12-8-18-33-28(37)25(20-23-10-6-5-7-11-23)34-29(38)26-13-9-19-35(26)30(39)31(40)41-4/h5-7,10-11,14-17,25-26H,8-9,12-13,18-21H2,1-4H3,(H,33,37)(H,34,38)/t25-,26+/m1/s1. The van der Waals surface area contributed by atoms with Crippen LogP contribution in [0.5, 0.6) is 5.75 Å². The Kier molecular flexibility index (Phi) is 12.1. The minimum absolute atomic E-state index is 0.177. The first-order valence-corrected chi connectivity index (χ1v) is 14.4. The third-order valence-corrected chi connectivity index (χ3v) is 6.73. The van der Waals surface area contributed by atoms with Gasteiger partial charge in [-0.1, -0.05) is 42.5 Å². The summed E-state index contributed by atoms with van der Waals surface area (Å²) in [4.78, 5) is 63.6. The van der Waals surface area contributed by atoms with Crippen molar-refractivity contribution in [3.8, 4) is 5.75 Å². The topological polar surface area (TPSA) is 140 Å². The molecular formula is C32H41N3O8. The first kappa shape index (κ1) is 33.1. The molecule has 3 rings (SSSR count). The number of nitrogens with zero attached hydrogens (tertiary/aromatic N) is 1. The van der Waals surface area contributed by atoms with E-state index in [0.717, 1.165) is 18.2 Å². The summed E-state index contributed by atoms with van der Waals surface area (Å²) in [7, 11) is 1.12. The minimum atomic E-state index is -1.03. The zero-order chi connectivity index (χ0) is 31.4. The molecule has 3 amide bonds. The molecule has 1 aliphatic heterocycles. The second-order valence-electron chi connectivity index (χ2n) is 11.3. The van der Waals surface area contributed by atoms with Crippen molar-refractivity contribution in [3.63, 3.8) is 0 Å². The zero-order valence-electron chi connectivity index (χ0n) is 25.2. The van der Waals surface area contributed by atoms with Gasteiger partial charge in [0.2, 0.25) is 11.8 Å². The summed E-state index contributed by atoms with van der Waals surface area (Å²) in [5.74, 6) is -2.61. The molecule has 0 radical (unpaired) electrons. The monoisotopic (exact) mass is 595 g/mol. The number of rotatable bonds is 12. The van der Waals surface area contributed by atoms with Gasteiger partial charge >= 0.3 is 17.8 Å². The molecule has 0 saturated carbocycles. The highest BCUT2D eigenvalue weighted by Crippen LogP contribution is 2.19. The Labute approximate surface area is 252 Å². The van der Waals surface area contributed by atoms with Gasteiger partial charge in [0.25, 0.3) is 0 Å². The maximum atomic E-state index is 13.2. The van der Waals surface area contributed by atoms with Gasteiger partial charge < -0.3 is 29.7 Å². The molecule has 2 aromatic rings. The third-order valence-electron chi connectivity index (χ3n) is 6.73. The second-order valence-corrected chi connectivity index (χ2v) is 11.3. The van der Waals surface area contributed by atoms with Gasteiger partial charge in [0.1, 0.15) is 23.4 Å². The van der Waals surface area contributed by atoms with Crippen LogP contribution in [-0.4, -0.2) is 79.1 Å². The predicted molar refractivity (Wildman–Crippen MR) is 158 cm³/mol. The number of carbonyl (C=O) groups is 5. The van der Waals surface area contributed by atoms with Crippen molar-refractivity contribution in [1.29, 1.82) is 0 Å². The van der Waals surface area contributed by atoms with E-state index < -0.39 is 41.4 Å². The average Bonchev–Trinajstić information content (AvgIpc) is 3.47. The summed E-state index contributed by atoms with van der Waals surface area (Å²) < 4.78 is 15.3. The van der Waals surface area contributed by atoms with Crippen molar-refractivity contribution in [2.75, 3.05) is 26.8 Å². The molecule has 2 N–H and O–H groups in total. The Morgan fingerprint density at radius 3 is 2.33 bits per heavy atom. The lowest BCUT2D eigenvalue weighted by Gasteiger charge is -2.25. The molecule has 1 aliphatic rings. The highest BCUT2D eigenvalue weighted by molar-refractivity contribution is 6.32. The number of ether oxygens (including phenoxy) is 3. The number of esters is 2. The fourth-order valence-corrected chi connectivity index (χ4v) is 4.71. The van der Waals surface area contributed by atoms with E-state index in [-0.39, 0.29) is 25.5 Å². The van der Waals surface area contributed by atoms with E-state index in [4.69, 9.17) is 9.47 Å². The van der Waals surface area contributed by atoms with Crippen molar-refractivity contribution in [3.05, 3.63) is 65.7 Å². The van der Waals surface area contributed by atoms with Gasteiger partial charge in [-0.05, 0) is 69.7 Å². The Morgan fingerprint density at radius 1 is 0.977 bits per heavy atom. The number of carbonyl (C=O) groups excluding carboxylic acids is 5. The molecule has 11 heteroatoms. The molecule has 0 aromatic heterocycles. The van der Waals surface area contributed by atoms with Gasteiger partial charge in [-0.3, -0.25) is 14.4 Å². The van der Waals surface area contributed by atoms with Crippen LogP contribution < -0.4 is 15.4 Å². The quantitative estimate of drug-likeness (QED) is 0.217. The number of nitrogens with one attached hydrogen (secondary N) is 2. The van der Waals surface area contributed by atoms with Crippen molar-refractivity contribution in [2.24, 2.45) is 0 Å². The molecule has 0 spiro atoms. The van der Waals surface area contributed by atoms with Crippen molar-refractivity contribution >= 4 is 29.7 Å². The maximum Gasteiger partial charge on any atom is 0.396 e. The number of methoxy groups -OCH3 is 1. The van der Waals surface area contributed by atoms with E-state index in [0.29, 0.717) is 38.0 Å². The molecule has 1 heterocycles. The highest BCUT2D eigenvalue weighted by Gasteiger charge is 2.38. The zero-order valence-corrected chi connectivity index (χ0v) is 25.2. The summed E-state index contributed by atoms with van der Waals surface area (Å²) in [6, 6.07) is 14.9. The molecule has 232 valence electrons. The van der Waals surface area contributed by atoms with E-state index in [2.05, 4.69) is 15.4 Å². The molecular weight excluding hydrogens is 554 g/mol. The van der Waals surface area contributed by atoms with Gasteiger partial charge in [0.15, 0.2) is 6.61 Å². The Morgan fingerprint density at radius 2 is 1.67 bits per heavy atom. The number of benzene rings is 2. The molecule has 1 fully saturated rings. The number of hydrogen-bond donors (Lipinski definition) is 2. The normalized spacial score (nSPS) is 15.3. The molecule has 0 aliphatic carbocycles. The minimum Gasteiger partial charge on any atom is -0.482 e. The van der Waals surface area contributed by atoms with Crippen molar-refractivity contribution in [2.45, 2.75) is 70.6 Å². The lowest BCUT2D eigenvalue weighted by atomic mass is 10.0. The van der Waals surface area contributed by atoms with E-state index in [1.807, 2.05) is 42.5 Å². The van der Waals surface area contributed by atoms with Crippen LogP contribution >= 0.6 is 0 Å². The van der Waals surface area contributed by atoms with E-state index in [9.17, 15) is 24.0 Å². The second kappa shape index (κ2) is 15.7. The molecule has 0 bridgehead atoms. The van der Waals surface area contributed by atoms with Gasteiger partial charge in [-0.2, -0.15) is 0 Å². The SMILES string of the molecule is COC(=O)C(=O)N1CCC[C@H]1C(=O)N[C@H](Cc1ccccc1)C(=O)NCCCc1ccc(OCC(=O)OC(C)(C)C)cc1. The van der Waals surface area contributed by atoms with Crippen LogP contribution in [0.3, 0.4) is 0 Å². The van der Waals surface area contributed by atoms with E-state index in [1.54, 1.807) is 32.9 Å². The Balaban J connectivity index is 1.52. The fourth-order valence-electron chi connectivity index (χ4n) is 4.71. The van der Waals surface area contributed by atoms with Crippen LogP contribution in [0, 0.1) is 0 Å². The lowest BCUT2D eigenvalue weighted by Crippen LogP contribution is -2.54. The molecule has 1 saturated heterocycles. The van der Waals surface area contributed by atoms with E-state index >= 15 is 0 Å². The summed E-state index contributed by atoms with van der Waals surface area (Å²) in [5.41, 5.74) is 1.33. The molecule has 2 aromatic carbocycles. The molecule has 43 heavy (non-hydrogen) atoms. The van der Waals surface area contributed by atoms with Crippen LogP contribution in [0.2, 0.25) is 0 Å². The number of likely N-dealkylation sites (tertiary alicyclic amines) is 1. The summed E-state index contributed by atoms with van der Waals surface area (Å²) >= 11 is 0. The molecule has 11 nitrogen and oxygen atoms in total. The predicted octanol–water partition coefficient (Wildman–Crippen LogP) is 2.35. The summed E-state index contributed by atoms with van der Waals surface area (Å²) in [6.07, 6.45) is 2.56. The average molecular weight is 596 g/mol. The largest absolute Gasteiger partial charge is 0.482 e. The van der Waals surface area contributed by atoms with E-state index in [1.165, 1.54) is 4.90 Å². The van der Waals surface area contributed by atoms with Crippen molar-refractivity contribution < 1.29 is 38.2 Å². The first-order chi connectivity index (χ1) is 20.5. The van der Waals surface area contributed by atoms with Gasteiger partial charge in [0, 0.05) is 19.5 Å². The van der Waals surface area contributed by atoms with Crippen LogP contribution in [0.1, 0.15) is 51.2 Å². The van der Waals surface area contributed by atoms with Crippen LogP contribution in [0.4, 0.5) is 0 Å². The Hall–Kier alpha value is -4.41. The first-order valence-electron chi connectivity index (χ1n) is 14.4. The van der Waals surface area contributed by atoms with Gasteiger partial charge in [0.05, 0.1) is 7.11 Å². The summed E-state index contributed by atoms with van der Waals surface area (Å²) in [6.45, 7) is 5.85. The molecule has 0 unspecified atom stereocenters. The van der Waals surface area contributed by atoms with Crippen molar-refractivity contribution in [1.82, 2.24) is 15.5 Å². The lowest BCUT2D eigenvalue weighted by molar-refractivity contribution is -0.159. The Bertz CT molecular complexity index is 1260. The number of aryl methyl sites for hydroxylation is 1. The van der Waals surface area contributed by atoms with Gasteiger partial charge in [-0.15, -0.1) is 0 Å². The summed E-state index contributed by atoms with van der Waals surface area (Å²) in [5, 5.41) is 5.71. The van der Waals surface area contributed by atoms with Crippen LogP contribution in [-0.2, 0) is 46.3 Å². The van der Waals surface area contributed by atoms with Gasteiger partial charge in [-0.25, -0.2) is 9.59 Å². The smallest absolute Gasteiger partial charge is 0.396 e. The highest BCUT2D eigenvalue weighted by atomic mass is 16.6. The third kappa shape index (κ3) is 10.7. The van der Waals surface area contributed by atoms with Crippen LogP contribution in [0.15, 0.2) is 54.6 Å². The number of hydrogen-bond acceptors (Lipinski definition) is 8. The number of amides is 3.